The van der Waals surface area contributed by atoms with E-state index in [-0.39, 0.29) is 12.4 Å². The Morgan fingerprint density at radius 2 is 1.95 bits per heavy atom. The number of unbranched alkanes of at least 4 members (excludes halogenated alkanes) is 2. The second-order valence-corrected chi connectivity index (χ2v) is 4.92. The van der Waals surface area contributed by atoms with E-state index in [0.29, 0.717) is 17.5 Å². The average Bonchev–Trinajstić information content (AvgIpc) is 2.44. The van der Waals surface area contributed by atoms with Gasteiger partial charge in [0.1, 0.15) is 5.75 Å². The van der Waals surface area contributed by atoms with Crippen molar-refractivity contribution in [1.29, 1.82) is 0 Å². The van der Waals surface area contributed by atoms with E-state index < -0.39 is 12.2 Å². The van der Waals surface area contributed by atoms with E-state index in [1.807, 2.05) is 0 Å². The summed E-state index contributed by atoms with van der Waals surface area (Å²) < 4.78 is 0. The molecular weight excluding hydrogens is 256 g/mol. The second kappa shape index (κ2) is 8.74. The molecule has 1 aromatic rings. The summed E-state index contributed by atoms with van der Waals surface area (Å²) >= 11 is 0. The van der Waals surface area contributed by atoms with Crippen LogP contribution >= 0.6 is 0 Å². The molecule has 20 heavy (non-hydrogen) atoms. The molecule has 0 radical (unpaired) electrons. The third kappa shape index (κ3) is 4.96. The lowest BCUT2D eigenvalue weighted by Crippen LogP contribution is -2.23. The van der Waals surface area contributed by atoms with Crippen LogP contribution in [0.4, 0.5) is 0 Å². The Kier molecular flexibility index (Phi) is 7.30. The highest BCUT2D eigenvalue weighted by molar-refractivity contribution is 5.57. The quantitative estimate of drug-likeness (QED) is 0.550. The van der Waals surface area contributed by atoms with Crippen molar-refractivity contribution < 1.29 is 20.4 Å². The maximum atomic E-state index is 9.85. The van der Waals surface area contributed by atoms with Gasteiger partial charge in [0, 0.05) is 5.56 Å². The normalized spacial score (nSPS) is 14.6. The Labute approximate surface area is 120 Å². The molecule has 0 bridgehead atoms. The van der Waals surface area contributed by atoms with Crippen molar-refractivity contribution in [2.45, 2.75) is 51.4 Å². The Morgan fingerprint density at radius 3 is 2.60 bits per heavy atom. The van der Waals surface area contributed by atoms with Gasteiger partial charge in [-0.05, 0) is 18.1 Å². The molecule has 2 atom stereocenters. The van der Waals surface area contributed by atoms with Gasteiger partial charge in [0.25, 0.3) is 0 Å². The summed E-state index contributed by atoms with van der Waals surface area (Å²) in [7, 11) is 0. The molecule has 0 amide bonds. The van der Waals surface area contributed by atoms with Crippen molar-refractivity contribution in [2.24, 2.45) is 0 Å². The minimum absolute atomic E-state index is 0.0210. The zero-order chi connectivity index (χ0) is 15.0. The van der Waals surface area contributed by atoms with Gasteiger partial charge in [-0.2, -0.15) is 0 Å². The van der Waals surface area contributed by atoms with Crippen molar-refractivity contribution in [1.82, 2.24) is 0 Å². The van der Waals surface area contributed by atoms with Gasteiger partial charge in [0.05, 0.1) is 18.8 Å². The van der Waals surface area contributed by atoms with Crippen LogP contribution in [0.5, 0.6) is 5.75 Å². The first-order chi connectivity index (χ1) is 9.60. The largest absolute Gasteiger partial charge is 0.508 e. The van der Waals surface area contributed by atoms with Gasteiger partial charge in [-0.25, -0.2) is 0 Å². The maximum Gasteiger partial charge on any atom is 0.121 e. The zero-order valence-corrected chi connectivity index (χ0v) is 11.9. The Hall–Kier alpha value is -1.36. The molecule has 0 aliphatic rings. The lowest BCUT2D eigenvalue weighted by Gasteiger charge is -2.14. The summed E-state index contributed by atoms with van der Waals surface area (Å²) in [6.07, 6.45) is 4.93. The molecule has 0 fully saturated rings. The predicted octanol–water partition coefficient (Wildman–Crippen LogP) is 2.20. The van der Waals surface area contributed by atoms with E-state index in [0.717, 1.165) is 19.3 Å². The highest BCUT2D eigenvalue weighted by Crippen LogP contribution is 2.22. The zero-order valence-electron chi connectivity index (χ0n) is 11.9. The fourth-order valence-corrected chi connectivity index (χ4v) is 2.03. The van der Waals surface area contributed by atoms with Crippen molar-refractivity contribution >= 4 is 6.08 Å². The first-order valence-corrected chi connectivity index (χ1v) is 7.06. The summed E-state index contributed by atoms with van der Waals surface area (Å²) in [6.45, 7) is 1.81. The van der Waals surface area contributed by atoms with Crippen LogP contribution in [-0.4, -0.2) is 32.6 Å². The highest BCUT2D eigenvalue weighted by atomic mass is 16.3. The number of benzene rings is 1. The molecule has 112 valence electrons. The molecule has 0 spiro atoms. The second-order valence-electron chi connectivity index (χ2n) is 4.92. The van der Waals surface area contributed by atoms with Gasteiger partial charge < -0.3 is 20.4 Å². The van der Waals surface area contributed by atoms with E-state index in [9.17, 15) is 20.4 Å². The molecule has 4 nitrogen and oxygen atoms in total. The molecule has 0 aromatic heterocycles. The summed E-state index contributed by atoms with van der Waals surface area (Å²) in [5, 5.41) is 38.5. The predicted molar refractivity (Wildman–Crippen MR) is 79.2 cm³/mol. The molecule has 0 aliphatic heterocycles. The SMILES string of the molecule is CCCCC[C@H](O)[C@H](O)/C=C/c1cccc(O)c1CO. The topological polar surface area (TPSA) is 80.9 Å². The summed E-state index contributed by atoms with van der Waals surface area (Å²) in [5.41, 5.74) is 1.05. The molecular formula is C16H24O4. The van der Waals surface area contributed by atoms with Crippen molar-refractivity contribution in [3.8, 4) is 5.75 Å². The van der Waals surface area contributed by atoms with E-state index in [4.69, 9.17) is 0 Å². The van der Waals surface area contributed by atoms with Gasteiger partial charge >= 0.3 is 0 Å². The average molecular weight is 280 g/mol. The number of aliphatic hydroxyl groups excluding tert-OH is 3. The van der Waals surface area contributed by atoms with Crippen molar-refractivity contribution in [3.05, 3.63) is 35.4 Å². The fourth-order valence-electron chi connectivity index (χ4n) is 2.03. The third-order valence-corrected chi connectivity index (χ3v) is 3.32. The molecule has 4 heteroatoms. The van der Waals surface area contributed by atoms with Gasteiger partial charge in [-0.15, -0.1) is 0 Å². The molecule has 4 N–H and O–H groups in total. The number of rotatable bonds is 8. The lowest BCUT2D eigenvalue weighted by atomic mass is 10.0. The van der Waals surface area contributed by atoms with Crippen molar-refractivity contribution in [2.75, 3.05) is 0 Å². The minimum atomic E-state index is -0.944. The van der Waals surface area contributed by atoms with Crippen LogP contribution < -0.4 is 0 Å². The highest BCUT2D eigenvalue weighted by Gasteiger charge is 2.13. The molecule has 0 saturated heterocycles. The molecule has 0 unspecified atom stereocenters. The van der Waals surface area contributed by atoms with Crippen LogP contribution in [0.2, 0.25) is 0 Å². The van der Waals surface area contributed by atoms with Crippen LogP contribution in [0.1, 0.15) is 43.7 Å². The van der Waals surface area contributed by atoms with Crippen LogP contribution in [0.25, 0.3) is 6.08 Å². The fraction of sp³-hybridized carbons (Fsp3) is 0.500. The first-order valence-electron chi connectivity index (χ1n) is 7.06. The molecule has 1 aromatic carbocycles. The number of hydrogen-bond donors (Lipinski definition) is 4. The van der Waals surface area contributed by atoms with E-state index in [2.05, 4.69) is 6.92 Å². The molecule has 0 aliphatic carbocycles. The first kappa shape index (κ1) is 16.7. The molecule has 0 saturated carbocycles. The Morgan fingerprint density at radius 1 is 1.20 bits per heavy atom. The van der Waals surface area contributed by atoms with E-state index in [1.54, 1.807) is 18.2 Å². The summed E-state index contributed by atoms with van der Waals surface area (Å²) in [5.74, 6) is 0.0210. The Bertz CT molecular complexity index is 428. The number of aromatic hydroxyl groups is 1. The van der Waals surface area contributed by atoms with Crippen LogP contribution in [0, 0.1) is 0 Å². The lowest BCUT2D eigenvalue weighted by molar-refractivity contribution is 0.0420. The standard InChI is InChI=1S/C16H24O4/c1-2-3-4-7-15(19)16(20)10-9-12-6-5-8-14(18)13(12)11-17/h5-6,8-10,15-20H,2-4,7,11H2,1H3/b10-9+/t15-,16+/m0/s1. The van der Waals surface area contributed by atoms with Crippen LogP contribution in [-0.2, 0) is 6.61 Å². The maximum absolute atomic E-state index is 9.85. The van der Waals surface area contributed by atoms with Gasteiger partial charge in [-0.1, -0.05) is 50.5 Å². The van der Waals surface area contributed by atoms with E-state index in [1.165, 1.54) is 12.1 Å². The van der Waals surface area contributed by atoms with Crippen molar-refractivity contribution in [3.63, 3.8) is 0 Å². The Balaban J connectivity index is 2.65. The van der Waals surface area contributed by atoms with Crippen LogP contribution in [0.15, 0.2) is 24.3 Å². The smallest absolute Gasteiger partial charge is 0.121 e. The molecule has 1 rings (SSSR count). The van der Waals surface area contributed by atoms with Gasteiger partial charge in [-0.3, -0.25) is 0 Å². The van der Waals surface area contributed by atoms with Crippen LogP contribution in [0.3, 0.4) is 0 Å². The molecule has 0 heterocycles. The van der Waals surface area contributed by atoms with Gasteiger partial charge in [0.15, 0.2) is 0 Å². The summed E-state index contributed by atoms with van der Waals surface area (Å²) in [4.78, 5) is 0. The number of hydrogen-bond acceptors (Lipinski definition) is 4. The summed E-state index contributed by atoms with van der Waals surface area (Å²) in [6, 6.07) is 4.90. The number of phenols is 1. The van der Waals surface area contributed by atoms with Gasteiger partial charge in [0.2, 0.25) is 0 Å². The monoisotopic (exact) mass is 280 g/mol. The minimum Gasteiger partial charge on any atom is -0.508 e. The van der Waals surface area contributed by atoms with E-state index >= 15 is 0 Å². The number of aliphatic hydroxyl groups is 3. The third-order valence-electron chi connectivity index (χ3n) is 3.32.